The van der Waals surface area contributed by atoms with E-state index >= 15 is 0 Å². The average molecular weight is 557 g/mol. The maximum absolute atomic E-state index is 12.5. The highest BCUT2D eigenvalue weighted by Crippen LogP contribution is 2.45. The molecule has 0 aliphatic carbocycles. The van der Waals surface area contributed by atoms with Crippen LogP contribution in [0.3, 0.4) is 0 Å². The molecule has 0 radical (unpaired) electrons. The van der Waals surface area contributed by atoms with Crippen LogP contribution in [0.2, 0.25) is 0 Å². The summed E-state index contributed by atoms with van der Waals surface area (Å²) in [6.45, 7) is 9.45. The molecule has 9 nitrogen and oxygen atoms in total. The molecule has 2 aliphatic heterocycles. The number of rotatable bonds is 10. The van der Waals surface area contributed by atoms with E-state index in [2.05, 4.69) is 11.0 Å². The summed E-state index contributed by atoms with van der Waals surface area (Å²) < 4.78 is 23.1. The number of carbonyl (C=O) groups is 1. The van der Waals surface area contributed by atoms with Gasteiger partial charge in [-0.1, -0.05) is 39.0 Å². The molecule has 0 aromatic heterocycles. The third-order valence-electron chi connectivity index (χ3n) is 8.05. The van der Waals surface area contributed by atoms with Crippen LogP contribution < -0.4 is 14.4 Å². The Morgan fingerprint density at radius 1 is 1.12 bits per heavy atom. The quantitative estimate of drug-likeness (QED) is 0.409. The Labute approximate surface area is 237 Å². The third-order valence-corrected chi connectivity index (χ3v) is 8.05. The summed E-state index contributed by atoms with van der Waals surface area (Å²) in [4.78, 5) is 16.2. The maximum atomic E-state index is 12.5. The summed E-state index contributed by atoms with van der Waals surface area (Å²) in [6.07, 6.45) is -0.534. The van der Waals surface area contributed by atoms with E-state index < -0.39 is 12.2 Å². The normalized spacial score (nSPS) is 22.9. The minimum Gasteiger partial charge on any atom is -0.497 e. The summed E-state index contributed by atoms with van der Waals surface area (Å²) in [5, 5.41) is 20.9. The van der Waals surface area contributed by atoms with E-state index in [1.165, 1.54) is 4.90 Å². The molecule has 4 atom stereocenters. The lowest BCUT2D eigenvalue weighted by atomic mass is 9.67. The molecule has 2 N–H and O–H groups in total. The van der Waals surface area contributed by atoms with E-state index in [1.807, 2.05) is 57.2 Å². The van der Waals surface area contributed by atoms with Gasteiger partial charge in [-0.25, -0.2) is 4.79 Å². The van der Waals surface area contributed by atoms with Gasteiger partial charge in [0.15, 0.2) is 0 Å². The molecule has 0 spiro atoms. The Morgan fingerprint density at radius 3 is 2.50 bits per heavy atom. The lowest BCUT2D eigenvalue weighted by Crippen LogP contribution is -2.62. The predicted octanol–water partition coefficient (Wildman–Crippen LogP) is 4.62. The van der Waals surface area contributed by atoms with Crippen molar-refractivity contribution in [3.05, 3.63) is 53.6 Å². The van der Waals surface area contributed by atoms with E-state index in [1.54, 1.807) is 14.2 Å². The predicted molar refractivity (Wildman–Crippen MR) is 154 cm³/mol. The van der Waals surface area contributed by atoms with Crippen molar-refractivity contribution in [3.8, 4) is 11.5 Å². The lowest BCUT2D eigenvalue weighted by Gasteiger charge is -2.52. The molecule has 9 heteroatoms. The zero-order valence-electron chi connectivity index (χ0n) is 24.3. The fourth-order valence-electron chi connectivity index (χ4n) is 6.33. The van der Waals surface area contributed by atoms with Gasteiger partial charge in [-0.05, 0) is 47.2 Å². The second-order valence-corrected chi connectivity index (χ2v) is 11.7. The molecule has 1 unspecified atom stereocenters. The van der Waals surface area contributed by atoms with Crippen molar-refractivity contribution in [3.63, 3.8) is 0 Å². The van der Waals surface area contributed by atoms with Crippen LogP contribution in [0.1, 0.15) is 44.2 Å². The first-order chi connectivity index (χ1) is 19.2. The summed E-state index contributed by atoms with van der Waals surface area (Å²) >= 11 is 0. The van der Waals surface area contributed by atoms with E-state index in [0.29, 0.717) is 19.8 Å². The number of piperidine rings is 1. The molecule has 4 rings (SSSR count). The highest BCUT2D eigenvalue weighted by molar-refractivity contribution is 5.66. The second kappa shape index (κ2) is 13.1. The van der Waals surface area contributed by atoms with Crippen molar-refractivity contribution in [2.75, 3.05) is 58.6 Å². The molecular formula is C31H44N2O7. The van der Waals surface area contributed by atoms with Gasteiger partial charge in [-0.3, -0.25) is 0 Å². The summed E-state index contributed by atoms with van der Waals surface area (Å²) in [7, 11) is 3.34. The minimum absolute atomic E-state index is 0.158. The van der Waals surface area contributed by atoms with Crippen molar-refractivity contribution in [2.45, 2.75) is 51.9 Å². The van der Waals surface area contributed by atoms with Crippen molar-refractivity contribution in [2.24, 2.45) is 11.3 Å². The van der Waals surface area contributed by atoms with Gasteiger partial charge in [0.1, 0.15) is 18.1 Å². The SMILES string of the molecule is COCCCN1CCOc2ccc(CO[C@H]3CN(C(=O)O)C(C(C)(C)C)[C@@H](CO)[C@@H]3c3ccc(OC)cc3)cc21. The average Bonchev–Trinajstić information content (AvgIpc) is 2.94. The Hall–Kier alpha value is -3.01. The van der Waals surface area contributed by atoms with Crippen molar-refractivity contribution in [1.29, 1.82) is 0 Å². The largest absolute Gasteiger partial charge is 0.497 e. The number of aliphatic hydroxyl groups excluding tert-OH is 1. The molecule has 2 aromatic carbocycles. The Bertz CT molecular complexity index is 1120. The molecule has 220 valence electrons. The van der Waals surface area contributed by atoms with Crippen LogP contribution in [0, 0.1) is 11.3 Å². The van der Waals surface area contributed by atoms with Crippen LogP contribution in [-0.2, 0) is 16.1 Å². The van der Waals surface area contributed by atoms with Gasteiger partial charge in [0.2, 0.25) is 0 Å². The van der Waals surface area contributed by atoms with E-state index in [-0.39, 0.29) is 36.4 Å². The van der Waals surface area contributed by atoms with Crippen LogP contribution in [0.15, 0.2) is 42.5 Å². The standard InChI is InChI=1S/C31H44N2O7/c1-31(2,3)29-24(19-34)28(22-8-10-23(38-5)11-9-22)27(18-33(29)30(35)36)40-20-21-7-12-26-25(17-21)32(14-16-39-26)13-6-15-37-4/h7-12,17,24,27-29,34H,6,13-16,18-20H2,1-5H3,(H,35,36)/t24-,27-,28-,29?/m0/s1. The minimum atomic E-state index is -1.00. The van der Waals surface area contributed by atoms with Gasteiger partial charge in [0, 0.05) is 44.7 Å². The molecular weight excluding hydrogens is 512 g/mol. The zero-order valence-corrected chi connectivity index (χ0v) is 24.3. The molecule has 1 saturated heterocycles. The fraction of sp³-hybridized carbons (Fsp3) is 0.581. The van der Waals surface area contributed by atoms with Crippen LogP contribution in [-0.4, -0.2) is 87.0 Å². The Morgan fingerprint density at radius 2 is 1.88 bits per heavy atom. The van der Waals surface area contributed by atoms with Crippen molar-refractivity contribution < 1.29 is 34.0 Å². The summed E-state index contributed by atoms with van der Waals surface area (Å²) in [5.41, 5.74) is 2.63. The molecule has 40 heavy (non-hydrogen) atoms. The molecule has 1 fully saturated rings. The molecule has 2 aromatic rings. The molecule has 1 amide bonds. The third kappa shape index (κ3) is 6.65. The number of likely N-dealkylation sites (tertiary alicyclic amines) is 1. The molecule has 2 aliphatic rings. The number of fused-ring (bicyclic) bond motifs is 1. The van der Waals surface area contributed by atoms with Gasteiger partial charge in [-0.2, -0.15) is 0 Å². The number of benzene rings is 2. The molecule has 0 saturated carbocycles. The number of nitrogens with zero attached hydrogens (tertiary/aromatic N) is 2. The molecule has 0 bridgehead atoms. The second-order valence-electron chi connectivity index (χ2n) is 11.7. The first-order valence-corrected chi connectivity index (χ1v) is 14.0. The van der Waals surface area contributed by atoms with Crippen molar-refractivity contribution >= 4 is 11.8 Å². The van der Waals surface area contributed by atoms with Gasteiger partial charge in [0.05, 0.1) is 38.6 Å². The number of hydrogen-bond acceptors (Lipinski definition) is 7. The Balaban J connectivity index is 1.62. The molecule has 2 heterocycles. The number of aliphatic hydroxyl groups is 1. The van der Waals surface area contributed by atoms with Gasteiger partial charge < -0.3 is 39.0 Å². The highest BCUT2D eigenvalue weighted by atomic mass is 16.5. The van der Waals surface area contributed by atoms with E-state index in [4.69, 9.17) is 18.9 Å². The number of methoxy groups -OCH3 is 2. The van der Waals surface area contributed by atoms with Crippen LogP contribution in [0.4, 0.5) is 10.5 Å². The van der Waals surface area contributed by atoms with Crippen LogP contribution in [0.5, 0.6) is 11.5 Å². The first-order valence-electron chi connectivity index (χ1n) is 14.0. The Kier molecular flexibility index (Phi) is 9.81. The highest BCUT2D eigenvalue weighted by Gasteiger charge is 2.50. The number of hydrogen-bond donors (Lipinski definition) is 2. The van der Waals surface area contributed by atoms with Crippen LogP contribution in [0.25, 0.3) is 0 Å². The van der Waals surface area contributed by atoms with E-state index in [0.717, 1.165) is 47.8 Å². The monoisotopic (exact) mass is 556 g/mol. The summed E-state index contributed by atoms with van der Waals surface area (Å²) in [6, 6.07) is 13.5. The van der Waals surface area contributed by atoms with E-state index in [9.17, 15) is 15.0 Å². The lowest BCUT2D eigenvalue weighted by molar-refractivity contribution is -0.0934. The van der Waals surface area contributed by atoms with Gasteiger partial charge in [-0.15, -0.1) is 0 Å². The smallest absolute Gasteiger partial charge is 0.407 e. The van der Waals surface area contributed by atoms with Crippen molar-refractivity contribution in [1.82, 2.24) is 4.90 Å². The summed E-state index contributed by atoms with van der Waals surface area (Å²) in [5.74, 6) is 1.04. The van der Waals surface area contributed by atoms with Gasteiger partial charge >= 0.3 is 6.09 Å². The first kappa shape index (κ1) is 30.0. The number of anilines is 1. The number of ether oxygens (including phenoxy) is 4. The number of amides is 1. The topological polar surface area (TPSA) is 101 Å². The zero-order chi connectivity index (χ0) is 28.9. The van der Waals surface area contributed by atoms with Gasteiger partial charge in [0.25, 0.3) is 0 Å². The maximum Gasteiger partial charge on any atom is 0.407 e. The van der Waals surface area contributed by atoms with Crippen LogP contribution >= 0.6 is 0 Å². The number of carboxylic acid groups (broad SMARTS) is 1. The fourth-order valence-corrected chi connectivity index (χ4v) is 6.33.